The zero-order chi connectivity index (χ0) is 11.7. The Morgan fingerprint density at radius 3 is 1.00 bits per heavy atom. The van der Waals surface area contributed by atoms with Gasteiger partial charge in [-0.3, -0.25) is 0 Å². The summed E-state index contributed by atoms with van der Waals surface area (Å²) in [5.41, 5.74) is 0. The van der Waals surface area contributed by atoms with Gasteiger partial charge >= 0.3 is 7.57 Å². The molecule has 0 spiro atoms. The lowest BCUT2D eigenvalue weighted by molar-refractivity contribution is 0.389. The number of nitrogens with zero attached hydrogens (tertiary/aromatic N) is 3. The van der Waals surface area contributed by atoms with Gasteiger partial charge in [0.05, 0.1) is 0 Å². The average Bonchev–Trinajstić information content (AvgIpc) is 3.10. The quantitative estimate of drug-likeness (QED) is 0.562. The van der Waals surface area contributed by atoms with Crippen molar-refractivity contribution in [1.82, 2.24) is 14.0 Å². The van der Waals surface area contributed by atoms with Crippen LogP contribution in [0.5, 0.6) is 0 Å². The lowest BCUT2D eigenvalue weighted by atomic mass is 10.4. The van der Waals surface area contributed by atoms with E-state index in [0.29, 0.717) is 0 Å². The standard InChI is InChI=1S/C12H24BN3P/c13-17(14-7-1-2-8-14,15-9-3-4-10-15)16-11-5-6-12-16/h1-12H2/q+1. The summed E-state index contributed by atoms with van der Waals surface area (Å²) in [6.07, 6.45) is 8.09. The van der Waals surface area contributed by atoms with E-state index < -0.39 is 7.59 Å². The highest BCUT2D eigenvalue weighted by Gasteiger charge is 2.53. The Labute approximate surface area is 107 Å². The fraction of sp³-hybridized carbons (Fsp3) is 1.00. The molecule has 0 aromatic carbocycles. The van der Waals surface area contributed by atoms with E-state index in [1.54, 1.807) is 0 Å². The number of hydrogen-bond acceptors (Lipinski definition) is 3. The van der Waals surface area contributed by atoms with E-state index in [2.05, 4.69) is 14.0 Å². The van der Waals surface area contributed by atoms with Crippen LogP contribution in [0, 0.1) is 0 Å². The molecule has 0 N–H and O–H groups in total. The molecule has 0 atom stereocenters. The second-order valence-corrected chi connectivity index (χ2v) is 8.52. The van der Waals surface area contributed by atoms with E-state index >= 15 is 0 Å². The molecule has 0 saturated carbocycles. The van der Waals surface area contributed by atoms with E-state index in [0.717, 1.165) is 0 Å². The third-order valence-electron chi connectivity index (χ3n) is 4.50. The fourth-order valence-electron chi connectivity index (χ4n) is 3.52. The molecule has 5 heteroatoms. The summed E-state index contributed by atoms with van der Waals surface area (Å²) >= 11 is 0. The second-order valence-electron chi connectivity index (χ2n) is 5.60. The number of hydrogen-bond donors (Lipinski definition) is 0. The van der Waals surface area contributed by atoms with E-state index in [4.69, 9.17) is 7.57 Å². The third-order valence-corrected chi connectivity index (χ3v) is 8.19. The molecule has 0 aromatic heterocycles. The van der Waals surface area contributed by atoms with Crippen LogP contribution in [0.3, 0.4) is 0 Å². The van der Waals surface area contributed by atoms with Crippen LogP contribution < -0.4 is 0 Å². The van der Waals surface area contributed by atoms with Crippen molar-refractivity contribution in [3.8, 4) is 0 Å². The molecule has 3 saturated heterocycles. The summed E-state index contributed by atoms with van der Waals surface area (Å²) in [4.78, 5) is 0. The monoisotopic (exact) mass is 252 g/mol. The van der Waals surface area contributed by atoms with Gasteiger partial charge in [-0.05, 0) is 38.5 Å². The van der Waals surface area contributed by atoms with Crippen molar-refractivity contribution in [3.05, 3.63) is 0 Å². The van der Waals surface area contributed by atoms with Crippen molar-refractivity contribution in [1.29, 1.82) is 0 Å². The lowest BCUT2D eigenvalue weighted by Crippen LogP contribution is -2.42. The molecule has 0 amide bonds. The molecule has 0 bridgehead atoms. The van der Waals surface area contributed by atoms with Crippen LogP contribution in [-0.2, 0) is 0 Å². The molecule has 0 aromatic rings. The maximum absolute atomic E-state index is 7.00. The molecule has 94 valence electrons. The van der Waals surface area contributed by atoms with Gasteiger partial charge in [0.1, 0.15) is 0 Å². The van der Waals surface area contributed by atoms with Crippen molar-refractivity contribution < 1.29 is 0 Å². The number of rotatable bonds is 3. The molecular weight excluding hydrogens is 228 g/mol. The first-order chi connectivity index (χ1) is 8.32. The van der Waals surface area contributed by atoms with Gasteiger partial charge < -0.3 is 0 Å². The molecule has 0 aliphatic carbocycles. The van der Waals surface area contributed by atoms with Crippen molar-refractivity contribution in [2.24, 2.45) is 0 Å². The Morgan fingerprint density at radius 2 is 0.765 bits per heavy atom. The van der Waals surface area contributed by atoms with Crippen LogP contribution in [0.1, 0.15) is 38.5 Å². The highest BCUT2D eigenvalue weighted by atomic mass is 31.2. The van der Waals surface area contributed by atoms with Crippen LogP contribution in [0.25, 0.3) is 0 Å². The van der Waals surface area contributed by atoms with E-state index in [1.807, 2.05) is 0 Å². The maximum Gasteiger partial charge on any atom is 0.435 e. The Kier molecular flexibility index (Phi) is 3.77. The molecule has 3 heterocycles. The Hall–Kier alpha value is 0.375. The molecule has 3 fully saturated rings. The summed E-state index contributed by atoms with van der Waals surface area (Å²) in [7, 11) is 5.39. The third kappa shape index (κ3) is 2.18. The van der Waals surface area contributed by atoms with Crippen molar-refractivity contribution in [2.75, 3.05) is 39.3 Å². The predicted octanol–water partition coefficient (Wildman–Crippen LogP) is 2.12. The molecule has 0 unspecified atom stereocenters. The zero-order valence-corrected chi connectivity index (χ0v) is 11.7. The molecule has 3 aliphatic rings. The Morgan fingerprint density at radius 1 is 0.529 bits per heavy atom. The minimum atomic E-state index is -1.61. The van der Waals surface area contributed by atoms with Crippen LogP contribution in [0.4, 0.5) is 0 Å². The largest absolute Gasteiger partial charge is 0.435 e. The minimum absolute atomic E-state index is 1.23. The smallest absolute Gasteiger partial charge is 0.165 e. The summed E-state index contributed by atoms with van der Waals surface area (Å²) in [5.74, 6) is 0. The van der Waals surface area contributed by atoms with Gasteiger partial charge in [0.15, 0.2) is 7.59 Å². The maximum atomic E-state index is 7.00. The summed E-state index contributed by atoms with van der Waals surface area (Å²) in [6.45, 7) is 7.40. The first-order valence-electron chi connectivity index (χ1n) is 7.26. The fourth-order valence-corrected chi connectivity index (χ4v) is 7.21. The van der Waals surface area contributed by atoms with E-state index in [9.17, 15) is 0 Å². The normalized spacial score (nSPS) is 29.4. The molecular formula is C12H24BN3P+. The lowest BCUT2D eigenvalue weighted by Gasteiger charge is -2.43. The molecule has 3 aliphatic heterocycles. The summed E-state index contributed by atoms with van der Waals surface area (Å²) < 4.78 is 7.93. The van der Waals surface area contributed by atoms with Gasteiger partial charge in [-0.2, -0.15) is 14.0 Å². The van der Waals surface area contributed by atoms with Crippen LogP contribution >= 0.6 is 7.59 Å². The van der Waals surface area contributed by atoms with Crippen molar-refractivity contribution in [2.45, 2.75) is 38.5 Å². The Balaban J connectivity index is 1.81. The van der Waals surface area contributed by atoms with Crippen molar-refractivity contribution >= 4 is 15.2 Å². The second kappa shape index (κ2) is 5.17. The van der Waals surface area contributed by atoms with Gasteiger partial charge in [0.2, 0.25) is 0 Å². The topological polar surface area (TPSA) is 9.72 Å². The molecule has 3 nitrogen and oxygen atoms in total. The highest BCUT2D eigenvalue weighted by molar-refractivity contribution is 7.91. The van der Waals surface area contributed by atoms with Gasteiger partial charge in [-0.25, -0.2) is 0 Å². The average molecular weight is 252 g/mol. The van der Waals surface area contributed by atoms with Gasteiger partial charge in [-0.1, -0.05) is 0 Å². The highest BCUT2D eigenvalue weighted by Crippen LogP contribution is 2.66. The predicted molar refractivity (Wildman–Crippen MR) is 75.1 cm³/mol. The molecule has 17 heavy (non-hydrogen) atoms. The van der Waals surface area contributed by atoms with Crippen LogP contribution in [0.2, 0.25) is 0 Å². The van der Waals surface area contributed by atoms with Gasteiger partial charge in [0.25, 0.3) is 0 Å². The van der Waals surface area contributed by atoms with Gasteiger partial charge in [-0.15, -0.1) is 0 Å². The molecule has 2 radical (unpaired) electrons. The molecule has 3 rings (SSSR count). The first-order valence-corrected chi connectivity index (χ1v) is 8.97. The first kappa shape index (κ1) is 12.4. The SMILES string of the molecule is [B][P+](N1CCCC1)(N1CCCC1)N1CCCC1. The van der Waals surface area contributed by atoms with E-state index in [1.165, 1.54) is 77.8 Å². The zero-order valence-electron chi connectivity index (χ0n) is 10.9. The van der Waals surface area contributed by atoms with Crippen molar-refractivity contribution in [3.63, 3.8) is 0 Å². The summed E-state index contributed by atoms with van der Waals surface area (Å²) in [5, 5.41) is 0. The van der Waals surface area contributed by atoms with Crippen LogP contribution in [-0.4, -0.2) is 60.8 Å². The van der Waals surface area contributed by atoms with E-state index in [-0.39, 0.29) is 0 Å². The van der Waals surface area contributed by atoms with Gasteiger partial charge in [0, 0.05) is 39.3 Å². The summed E-state index contributed by atoms with van der Waals surface area (Å²) in [6, 6.07) is 0. The Bertz CT molecular complexity index is 218. The minimum Gasteiger partial charge on any atom is -0.165 e. The van der Waals surface area contributed by atoms with Crippen LogP contribution in [0.15, 0.2) is 0 Å².